The first-order valence-corrected chi connectivity index (χ1v) is 2.56. The quantitative estimate of drug-likeness (QED) is 0.502. The van der Waals surface area contributed by atoms with E-state index in [1.165, 1.54) is 0 Å². The van der Waals surface area contributed by atoms with Gasteiger partial charge in [0.1, 0.15) is 0 Å². The maximum absolute atomic E-state index is 8.57. The van der Waals surface area contributed by atoms with E-state index in [4.69, 9.17) is 10.2 Å². The first-order valence-electron chi connectivity index (χ1n) is 2.56. The molecule has 2 heteroatoms. The lowest BCUT2D eigenvalue weighted by molar-refractivity contribution is 0.167. The summed E-state index contributed by atoms with van der Waals surface area (Å²) in [5.41, 5.74) is 0. The van der Waals surface area contributed by atoms with Gasteiger partial charge in [-0.25, -0.2) is 0 Å². The van der Waals surface area contributed by atoms with Crippen LogP contribution in [0.5, 0.6) is 0 Å². The monoisotopic (exact) mass is 106 g/mol. The summed E-state index contributed by atoms with van der Waals surface area (Å²) >= 11 is 0. The van der Waals surface area contributed by atoms with E-state index >= 15 is 0 Å². The summed E-state index contributed by atoms with van der Waals surface area (Å²) < 4.78 is 0. The minimum absolute atomic E-state index is 0.185. The molecule has 0 fully saturated rings. The third-order valence-corrected chi connectivity index (χ3v) is 0.780. The van der Waals surface area contributed by atoms with E-state index in [0.29, 0.717) is 12.8 Å². The third-order valence-electron chi connectivity index (χ3n) is 0.780. The molecule has 0 heterocycles. The van der Waals surface area contributed by atoms with Crippen molar-refractivity contribution >= 4 is 0 Å². The summed E-state index contributed by atoms with van der Waals surface area (Å²) in [6.07, 6.45) is 1.15. The number of aliphatic hydroxyl groups excluding tert-OH is 2. The lowest BCUT2D eigenvalue weighted by Crippen LogP contribution is -1.99. The van der Waals surface area contributed by atoms with Crippen LogP contribution in [0.25, 0.3) is 0 Å². The molecule has 0 amide bonds. The Labute approximate surface area is 43.8 Å². The average molecular weight is 106 g/mol. The van der Waals surface area contributed by atoms with E-state index in [1.807, 2.05) is 0 Å². The van der Waals surface area contributed by atoms with Crippen molar-refractivity contribution in [3.05, 3.63) is 0 Å². The SMILES string of the molecule is CC([18OH])CCCO. The summed E-state index contributed by atoms with van der Waals surface area (Å²) in [5, 5.41) is 16.8. The molecule has 0 aromatic rings. The molecule has 0 aliphatic carbocycles. The third kappa shape index (κ3) is 5.92. The van der Waals surface area contributed by atoms with E-state index in [0.717, 1.165) is 0 Å². The van der Waals surface area contributed by atoms with Crippen LogP contribution in [0, 0.1) is 0 Å². The van der Waals surface area contributed by atoms with Crippen LogP contribution >= 0.6 is 0 Å². The highest BCUT2D eigenvalue weighted by Gasteiger charge is 1.90. The van der Waals surface area contributed by atoms with Crippen molar-refractivity contribution in [1.82, 2.24) is 0 Å². The Kier molecular flexibility index (Phi) is 4.04. The number of hydrogen-bond donors (Lipinski definition) is 2. The molecule has 0 aliphatic heterocycles. The van der Waals surface area contributed by atoms with Crippen LogP contribution in [0.15, 0.2) is 0 Å². The predicted molar refractivity (Wildman–Crippen MR) is 28.0 cm³/mol. The molecule has 2 nitrogen and oxygen atoms in total. The largest absolute Gasteiger partial charge is 0.396 e. The molecule has 0 bridgehead atoms. The maximum atomic E-state index is 8.57. The zero-order chi connectivity index (χ0) is 5.70. The molecule has 2 N–H and O–H groups in total. The van der Waals surface area contributed by atoms with E-state index < -0.39 is 0 Å². The molecule has 0 saturated carbocycles. The minimum atomic E-state index is -0.257. The molecule has 1 atom stereocenters. The second-order valence-electron chi connectivity index (χ2n) is 1.71. The van der Waals surface area contributed by atoms with Gasteiger partial charge in [0.05, 0.1) is 6.10 Å². The van der Waals surface area contributed by atoms with Crippen LogP contribution in [0.2, 0.25) is 0 Å². The van der Waals surface area contributed by atoms with E-state index in [1.54, 1.807) is 6.92 Å². The highest BCUT2D eigenvalue weighted by molar-refractivity contribution is 4.43. The van der Waals surface area contributed by atoms with Gasteiger partial charge in [-0.2, -0.15) is 0 Å². The van der Waals surface area contributed by atoms with Crippen LogP contribution in [-0.4, -0.2) is 22.9 Å². The molecule has 0 aromatic carbocycles. The first-order chi connectivity index (χ1) is 3.27. The first kappa shape index (κ1) is 6.92. The van der Waals surface area contributed by atoms with Gasteiger partial charge < -0.3 is 10.2 Å². The summed E-state index contributed by atoms with van der Waals surface area (Å²) in [5.74, 6) is 0. The molecule has 0 rings (SSSR count). The lowest BCUT2D eigenvalue weighted by Gasteiger charge is -1.98. The fourth-order valence-electron chi connectivity index (χ4n) is 0.387. The fraction of sp³-hybridized carbons (Fsp3) is 1.00. The summed E-state index contributed by atoms with van der Waals surface area (Å²) in [7, 11) is 0. The Balaban J connectivity index is 2.68. The Bertz CT molecular complexity index is 35.1. The van der Waals surface area contributed by atoms with Crippen molar-refractivity contribution in [2.75, 3.05) is 6.61 Å². The van der Waals surface area contributed by atoms with Crippen molar-refractivity contribution in [3.63, 3.8) is 0 Å². The average Bonchev–Trinajstić information content (AvgIpc) is 1.61. The Morgan fingerprint density at radius 3 is 2.43 bits per heavy atom. The van der Waals surface area contributed by atoms with Crippen LogP contribution in [-0.2, 0) is 0 Å². The molecule has 0 aliphatic rings. The summed E-state index contributed by atoms with van der Waals surface area (Å²) in [6.45, 7) is 1.90. The highest BCUT2D eigenvalue weighted by Crippen LogP contribution is 1.92. The van der Waals surface area contributed by atoms with Crippen molar-refractivity contribution in [2.45, 2.75) is 25.9 Å². The van der Waals surface area contributed by atoms with Crippen LogP contribution in [0.4, 0.5) is 0 Å². The van der Waals surface area contributed by atoms with Crippen molar-refractivity contribution in [3.8, 4) is 0 Å². The van der Waals surface area contributed by atoms with Gasteiger partial charge >= 0.3 is 0 Å². The van der Waals surface area contributed by atoms with Gasteiger partial charge in [-0.15, -0.1) is 0 Å². The Hall–Kier alpha value is -0.0800. The molecule has 7 heavy (non-hydrogen) atoms. The Morgan fingerprint density at radius 2 is 2.29 bits per heavy atom. The number of hydrogen-bond acceptors (Lipinski definition) is 2. The second-order valence-corrected chi connectivity index (χ2v) is 1.71. The highest BCUT2D eigenvalue weighted by atomic mass is 18.2. The molecular formula is C5H12O2. The van der Waals surface area contributed by atoms with Crippen molar-refractivity contribution < 1.29 is 10.2 Å². The topological polar surface area (TPSA) is 40.5 Å². The molecule has 0 saturated heterocycles. The zero-order valence-electron chi connectivity index (χ0n) is 4.59. The predicted octanol–water partition coefficient (Wildman–Crippen LogP) is 0.140. The van der Waals surface area contributed by atoms with Gasteiger partial charge in [0.15, 0.2) is 0 Å². The lowest BCUT2D eigenvalue weighted by atomic mass is 10.2. The van der Waals surface area contributed by atoms with Gasteiger partial charge in [0, 0.05) is 6.61 Å². The molecule has 44 valence electrons. The Morgan fingerprint density at radius 1 is 1.71 bits per heavy atom. The molecule has 1 unspecified atom stereocenters. The molecule has 0 aromatic heterocycles. The number of aliphatic hydroxyl groups is 2. The summed E-state index contributed by atoms with van der Waals surface area (Å²) in [4.78, 5) is 0. The number of rotatable bonds is 3. The zero-order valence-corrected chi connectivity index (χ0v) is 4.59. The maximum Gasteiger partial charge on any atom is 0.0513 e. The van der Waals surface area contributed by atoms with Crippen molar-refractivity contribution in [1.29, 1.82) is 0 Å². The minimum Gasteiger partial charge on any atom is -0.396 e. The smallest absolute Gasteiger partial charge is 0.0513 e. The van der Waals surface area contributed by atoms with Crippen LogP contribution in [0.1, 0.15) is 19.8 Å². The van der Waals surface area contributed by atoms with Gasteiger partial charge in [-0.05, 0) is 19.8 Å². The van der Waals surface area contributed by atoms with Gasteiger partial charge in [-0.3, -0.25) is 0 Å². The van der Waals surface area contributed by atoms with Gasteiger partial charge in [0.25, 0.3) is 0 Å². The van der Waals surface area contributed by atoms with E-state index in [9.17, 15) is 0 Å². The molecule has 0 radical (unpaired) electrons. The molecular weight excluding hydrogens is 94.1 g/mol. The standard InChI is InChI=1S/C5H12O2/c1-5(7)3-2-4-6/h5-7H,2-4H2,1H3/i7+2. The van der Waals surface area contributed by atoms with Gasteiger partial charge in [0.2, 0.25) is 0 Å². The van der Waals surface area contributed by atoms with E-state index in [2.05, 4.69) is 0 Å². The second kappa shape index (κ2) is 4.09. The van der Waals surface area contributed by atoms with Crippen LogP contribution in [0.3, 0.4) is 0 Å². The van der Waals surface area contributed by atoms with Gasteiger partial charge in [-0.1, -0.05) is 0 Å². The van der Waals surface area contributed by atoms with Crippen molar-refractivity contribution in [2.24, 2.45) is 0 Å². The fourth-order valence-corrected chi connectivity index (χ4v) is 0.387. The van der Waals surface area contributed by atoms with Crippen LogP contribution < -0.4 is 0 Å². The van der Waals surface area contributed by atoms with E-state index in [-0.39, 0.29) is 12.7 Å². The summed E-state index contributed by atoms with van der Waals surface area (Å²) in [6, 6.07) is 0. The normalized spacial score (nSPS) is 14.1. The molecule has 0 spiro atoms.